The smallest absolute Gasteiger partial charge is 0.229 e. The third-order valence-corrected chi connectivity index (χ3v) is 4.51. The minimum atomic E-state index is -0.394. The van der Waals surface area contributed by atoms with Crippen LogP contribution in [0.5, 0.6) is 5.88 Å². The van der Waals surface area contributed by atoms with E-state index in [9.17, 15) is 5.26 Å². The van der Waals surface area contributed by atoms with Gasteiger partial charge in [-0.3, -0.25) is 4.68 Å². The number of para-hydroxylation sites is 1. The molecule has 1 atom stereocenters. The van der Waals surface area contributed by atoms with Crippen LogP contribution in [0.15, 0.2) is 54.1 Å². The summed E-state index contributed by atoms with van der Waals surface area (Å²) in [6, 6.07) is 13.8. The van der Waals surface area contributed by atoms with Crippen LogP contribution in [0.1, 0.15) is 29.8 Å². The monoisotopic (exact) mass is 346 g/mol. The normalized spacial score (nSPS) is 16.1. The predicted octanol–water partition coefficient (Wildman–Crippen LogP) is 2.62. The number of nitrogens with two attached hydrogens (primary N) is 1. The number of aryl methyl sites for hydroxylation is 2. The molecule has 26 heavy (non-hydrogen) atoms. The van der Waals surface area contributed by atoms with Crippen molar-refractivity contribution >= 4 is 0 Å². The summed E-state index contributed by atoms with van der Waals surface area (Å²) in [5.41, 5.74) is 9.66. The Kier molecular flexibility index (Phi) is 3.73. The average Bonchev–Trinajstić information content (AvgIpc) is 3.26. The lowest BCUT2D eigenvalue weighted by Gasteiger charge is -2.23. The van der Waals surface area contributed by atoms with Gasteiger partial charge in [-0.05, 0) is 32.0 Å². The zero-order valence-electron chi connectivity index (χ0n) is 14.5. The van der Waals surface area contributed by atoms with Gasteiger partial charge in [-0.25, -0.2) is 4.68 Å². The van der Waals surface area contributed by atoms with E-state index in [-0.39, 0.29) is 5.88 Å². The molecular weight excluding hydrogens is 328 g/mol. The van der Waals surface area contributed by atoms with Crippen LogP contribution >= 0.6 is 0 Å². The largest absolute Gasteiger partial charge is 0.422 e. The van der Waals surface area contributed by atoms with Crippen molar-refractivity contribution in [2.75, 3.05) is 0 Å². The molecular formula is C19H18N6O. The lowest BCUT2D eigenvalue weighted by atomic mass is 9.87. The van der Waals surface area contributed by atoms with E-state index in [2.05, 4.69) is 16.3 Å². The highest BCUT2D eigenvalue weighted by atomic mass is 16.5. The highest BCUT2D eigenvalue weighted by Crippen LogP contribution is 2.43. The molecule has 0 spiro atoms. The zero-order valence-corrected chi connectivity index (χ0v) is 14.5. The van der Waals surface area contributed by atoms with Crippen molar-refractivity contribution in [3.8, 4) is 17.6 Å². The van der Waals surface area contributed by atoms with Gasteiger partial charge in [-0.2, -0.15) is 15.5 Å². The van der Waals surface area contributed by atoms with Gasteiger partial charge in [0.1, 0.15) is 11.6 Å². The number of allylic oxidation sites excluding steroid dienone is 1. The van der Waals surface area contributed by atoms with E-state index in [4.69, 9.17) is 10.5 Å². The number of nitriles is 1. The van der Waals surface area contributed by atoms with Gasteiger partial charge in [0.05, 0.1) is 28.6 Å². The summed E-state index contributed by atoms with van der Waals surface area (Å²) in [5.74, 6) is 0.225. The first-order valence-corrected chi connectivity index (χ1v) is 8.40. The molecule has 0 amide bonds. The van der Waals surface area contributed by atoms with Crippen molar-refractivity contribution in [1.82, 2.24) is 19.6 Å². The van der Waals surface area contributed by atoms with Gasteiger partial charge in [-0.1, -0.05) is 18.2 Å². The quantitative estimate of drug-likeness (QED) is 0.786. The Morgan fingerprint density at radius 2 is 2.00 bits per heavy atom. The molecule has 3 aromatic rings. The van der Waals surface area contributed by atoms with Crippen molar-refractivity contribution in [3.63, 3.8) is 0 Å². The Balaban J connectivity index is 1.94. The summed E-state index contributed by atoms with van der Waals surface area (Å²) in [4.78, 5) is 0. The first-order chi connectivity index (χ1) is 12.6. The Morgan fingerprint density at radius 1 is 1.23 bits per heavy atom. The Hall–Kier alpha value is -3.53. The van der Waals surface area contributed by atoms with Crippen LogP contribution in [-0.2, 0) is 6.54 Å². The molecule has 1 aliphatic heterocycles. The van der Waals surface area contributed by atoms with E-state index < -0.39 is 5.92 Å². The van der Waals surface area contributed by atoms with E-state index in [1.165, 1.54) is 0 Å². The fraction of sp³-hybridized carbons (Fsp3) is 0.211. The number of hydrogen-bond donors (Lipinski definition) is 1. The summed E-state index contributed by atoms with van der Waals surface area (Å²) in [6.45, 7) is 4.67. The predicted molar refractivity (Wildman–Crippen MR) is 95.5 cm³/mol. The molecule has 7 nitrogen and oxygen atoms in total. The lowest BCUT2D eigenvalue weighted by Crippen LogP contribution is -2.22. The number of nitrogens with zero attached hydrogens (tertiary/aromatic N) is 5. The summed E-state index contributed by atoms with van der Waals surface area (Å²) >= 11 is 0. The number of rotatable bonds is 3. The maximum atomic E-state index is 9.67. The van der Waals surface area contributed by atoms with Gasteiger partial charge < -0.3 is 10.5 Å². The van der Waals surface area contributed by atoms with Crippen LogP contribution in [0.3, 0.4) is 0 Å². The Bertz CT molecular complexity index is 1040. The van der Waals surface area contributed by atoms with E-state index in [1.807, 2.05) is 61.1 Å². The summed E-state index contributed by atoms with van der Waals surface area (Å²) < 4.78 is 9.37. The highest BCUT2D eigenvalue weighted by molar-refractivity contribution is 5.55. The van der Waals surface area contributed by atoms with Gasteiger partial charge in [0, 0.05) is 12.7 Å². The van der Waals surface area contributed by atoms with Crippen molar-refractivity contribution < 1.29 is 4.74 Å². The second kappa shape index (κ2) is 6.08. The molecule has 130 valence electrons. The number of aromatic nitrogens is 4. The second-order valence-corrected chi connectivity index (χ2v) is 6.07. The molecule has 0 fully saturated rings. The average molecular weight is 346 g/mol. The van der Waals surface area contributed by atoms with Crippen LogP contribution in [0, 0.1) is 18.3 Å². The van der Waals surface area contributed by atoms with E-state index >= 15 is 0 Å². The van der Waals surface area contributed by atoms with E-state index in [0.717, 1.165) is 29.2 Å². The Morgan fingerprint density at radius 3 is 2.65 bits per heavy atom. The van der Waals surface area contributed by atoms with Gasteiger partial charge in [-0.15, -0.1) is 0 Å². The van der Waals surface area contributed by atoms with Crippen molar-refractivity contribution in [1.29, 1.82) is 5.26 Å². The second-order valence-electron chi connectivity index (χ2n) is 6.07. The Labute approximate surface area is 150 Å². The molecule has 0 radical (unpaired) electrons. The molecule has 0 saturated carbocycles. The number of hydrogen-bond acceptors (Lipinski definition) is 5. The number of fused-ring (bicyclic) bond motifs is 1. The third kappa shape index (κ3) is 2.35. The zero-order chi connectivity index (χ0) is 18.3. The van der Waals surface area contributed by atoms with Crippen LogP contribution in [0.4, 0.5) is 0 Å². The molecule has 3 heterocycles. The number of ether oxygens (including phenoxy) is 1. The summed E-state index contributed by atoms with van der Waals surface area (Å²) in [5, 5.41) is 18.9. The van der Waals surface area contributed by atoms with Crippen LogP contribution in [0.25, 0.3) is 5.69 Å². The van der Waals surface area contributed by atoms with Crippen LogP contribution in [-0.4, -0.2) is 19.6 Å². The van der Waals surface area contributed by atoms with Crippen LogP contribution in [0.2, 0.25) is 0 Å². The van der Waals surface area contributed by atoms with Gasteiger partial charge in [0.2, 0.25) is 11.8 Å². The van der Waals surface area contributed by atoms with Crippen LogP contribution < -0.4 is 10.5 Å². The fourth-order valence-corrected chi connectivity index (χ4v) is 3.26. The SMILES string of the molecule is CCn1ccc(C2C(C#N)=C(N)Oc3c2c(C)nn3-c2ccccc2)n1. The van der Waals surface area contributed by atoms with E-state index in [0.29, 0.717) is 11.5 Å². The first kappa shape index (κ1) is 16.0. The van der Waals surface area contributed by atoms with Gasteiger partial charge >= 0.3 is 0 Å². The molecule has 1 unspecified atom stereocenters. The lowest BCUT2D eigenvalue weighted by molar-refractivity contribution is 0.366. The molecule has 2 N–H and O–H groups in total. The van der Waals surface area contributed by atoms with Gasteiger partial charge in [0.25, 0.3) is 0 Å². The van der Waals surface area contributed by atoms with Crippen molar-refractivity contribution in [2.45, 2.75) is 26.3 Å². The fourth-order valence-electron chi connectivity index (χ4n) is 3.26. The molecule has 0 saturated heterocycles. The minimum Gasteiger partial charge on any atom is -0.422 e. The highest BCUT2D eigenvalue weighted by Gasteiger charge is 2.37. The van der Waals surface area contributed by atoms with Crippen molar-refractivity contribution in [2.24, 2.45) is 5.73 Å². The third-order valence-electron chi connectivity index (χ3n) is 4.51. The molecule has 0 aliphatic carbocycles. The number of benzene rings is 1. The molecule has 7 heteroatoms. The van der Waals surface area contributed by atoms with Gasteiger partial charge in [0.15, 0.2) is 0 Å². The summed E-state index contributed by atoms with van der Waals surface area (Å²) in [6.07, 6.45) is 1.90. The minimum absolute atomic E-state index is 0.0909. The molecule has 0 bridgehead atoms. The first-order valence-electron chi connectivity index (χ1n) is 8.40. The van der Waals surface area contributed by atoms with E-state index in [1.54, 1.807) is 4.68 Å². The maximum Gasteiger partial charge on any atom is 0.229 e. The molecule has 1 aliphatic rings. The standard InChI is InChI=1S/C19H18N6O/c1-3-24-10-9-15(23-24)17-14(11-20)18(21)26-19-16(17)12(2)22-25(19)13-7-5-4-6-8-13/h4-10,17H,3,21H2,1-2H3. The molecule has 4 rings (SSSR count). The maximum absolute atomic E-state index is 9.67. The summed E-state index contributed by atoms with van der Waals surface area (Å²) in [7, 11) is 0. The molecule has 1 aromatic carbocycles. The molecule has 2 aromatic heterocycles. The topological polar surface area (TPSA) is 94.7 Å². The van der Waals surface area contributed by atoms with Crippen molar-refractivity contribution in [3.05, 3.63) is 71.0 Å².